The van der Waals surface area contributed by atoms with Crippen molar-refractivity contribution < 1.29 is 4.74 Å². The first-order chi connectivity index (χ1) is 7.58. The highest BCUT2D eigenvalue weighted by molar-refractivity contribution is 5.32. The van der Waals surface area contributed by atoms with E-state index in [4.69, 9.17) is 4.74 Å². The summed E-state index contributed by atoms with van der Waals surface area (Å²) in [4.78, 5) is 0. The van der Waals surface area contributed by atoms with Crippen molar-refractivity contribution in [2.24, 2.45) is 17.3 Å². The van der Waals surface area contributed by atoms with Crippen LogP contribution in [0, 0.1) is 17.3 Å². The molecule has 0 amide bonds. The van der Waals surface area contributed by atoms with E-state index in [-0.39, 0.29) is 5.41 Å². The fourth-order valence-electron chi connectivity index (χ4n) is 2.88. The highest BCUT2D eigenvalue weighted by Crippen LogP contribution is 2.46. The number of rotatable bonds is 3. The molecule has 2 rings (SSSR count). The summed E-state index contributed by atoms with van der Waals surface area (Å²) in [6.07, 6.45) is 9.98. The molecule has 0 aromatic heterocycles. The minimum atomic E-state index is 0.244. The van der Waals surface area contributed by atoms with Crippen LogP contribution in [-0.2, 0) is 4.74 Å². The standard InChI is InChI=1S/C15H24O/c1-5-6-14-15(4)8-7-12(11(2)3)9-13(15)10-16-14/h7-9,11,13-14H,5-6,10H2,1-4H3/t13-,14-,15-/m1/s1. The summed E-state index contributed by atoms with van der Waals surface area (Å²) in [6, 6.07) is 0. The van der Waals surface area contributed by atoms with E-state index in [2.05, 4.69) is 45.9 Å². The summed E-state index contributed by atoms with van der Waals surface area (Å²) in [5, 5.41) is 0. The van der Waals surface area contributed by atoms with Gasteiger partial charge in [-0.15, -0.1) is 0 Å². The molecule has 16 heavy (non-hydrogen) atoms. The molecule has 3 atom stereocenters. The molecule has 0 spiro atoms. The van der Waals surface area contributed by atoms with Crippen molar-refractivity contribution in [2.45, 2.75) is 46.6 Å². The van der Waals surface area contributed by atoms with Crippen molar-refractivity contribution in [3.63, 3.8) is 0 Å². The molecule has 0 bridgehead atoms. The molecule has 0 saturated carbocycles. The van der Waals surface area contributed by atoms with Gasteiger partial charge in [0, 0.05) is 11.3 Å². The Morgan fingerprint density at radius 1 is 1.50 bits per heavy atom. The monoisotopic (exact) mass is 220 g/mol. The van der Waals surface area contributed by atoms with Crippen LogP contribution >= 0.6 is 0 Å². The lowest BCUT2D eigenvalue weighted by molar-refractivity contribution is 0.0664. The summed E-state index contributed by atoms with van der Waals surface area (Å²) < 4.78 is 5.98. The van der Waals surface area contributed by atoms with Gasteiger partial charge in [0.05, 0.1) is 12.7 Å². The van der Waals surface area contributed by atoms with Gasteiger partial charge in [-0.25, -0.2) is 0 Å². The zero-order chi connectivity index (χ0) is 11.8. The molecule has 0 radical (unpaired) electrons. The molecular weight excluding hydrogens is 196 g/mol. The van der Waals surface area contributed by atoms with Gasteiger partial charge < -0.3 is 4.74 Å². The smallest absolute Gasteiger partial charge is 0.0669 e. The van der Waals surface area contributed by atoms with Gasteiger partial charge in [-0.05, 0) is 17.9 Å². The van der Waals surface area contributed by atoms with Crippen LogP contribution in [0.3, 0.4) is 0 Å². The first-order valence-electron chi connectivity index (χ1n) is 6.60. The summed E-state index contributed by atoms with van der Waals surface area (Å²) >= 11 is 0. The molecule has 1 aliphatic carbocycles. The van der Waals surface area contributed by atoms with Gasteiger partial charge in [0.1, 0.15) is 0 Å². The SMILES string of the molecule is CCC[C@H]1OC[C@H]2C=C(C(C)C)C=C[C@]21C. The van der Waals surface area contributed by atoms with E-state index in [0.29, 0.717) is 17.9 Å². The molecule has 90 valence electrons. The molecule has 0 unspecified atom stereocenters. The lowest BCUT2D eigenvalue weighted by atomic mass is 9.69. The molecule has 0 aromatic rings. The maximum Gasteiger partial charge on any atom is 0.0669 e. The number of fused-ring (bicyclic) bond motifs is 1. The Kier molecular flexibility index (Phi) is 3.25. The van der Waals surface area contributed by atoms with Gasteiger partial charge in [0.15, 0.2) is 0 Å². The van der Waals surface area contributed by atoms with Crippen LogP contribution in [0.25, 0.3) is 0 Å². The average molecular weight is 220 g/mol. The van der Waals surface area contributed by atoms with Crippen LogP contribution in [-0.4, -0.2) is 12.7 Å². The van der Waals surface area contributed by atoms with E-state index < -0.39 is 0 Å². The third kappa shape index (κ3) is 1.86. The Bertz CT molecular complexity index is 313. The highest BCUT2D eigenvalue weighted by Gasteiger charge is 2.45. The number of hydrogen-bond acceptors (Lipinski definition) is 1. The average Bonchev–Trinajstić information content (AvgIpc) is 2.56. The second-order valence-electron chi connectivity index (χ2n) is 5.74. The first-order valence-corrected chi connectivity index (χ1v) is 6.60. The topological polar surface area (TPSA) is 9.23 Å². The quantitative estimate of drug-likeness (QED) is 0.699. The molecule has 2 aliphatic rings. The van der Waals surface area contributed by atoms with Crippen molar-refractivity contribution in [3.05, 3.63) is 23.8 Å². The number of hydrogen-bond donors (Lipinski definition) is 0. The van der Waals surface area contributed by atoms with Gasteiger partial charge in [0.2, 0.25) is 0 Å². The van der Waals surface area contributed by atoms with Crippen LogP contribution in [0.15, 0.2) is 23.8 Å². The molecule has 1 fully saturated rings. The van der Waals surface area contributed by atoms with Crippen molar-refractivity contribution in [1.29, 1.82) is 0 Å². The van der Waals surface area contributed by atoms with Crippen LogP contribution in [0.4, 0.5) is 0 Å². The van der Waals surface area contributed by atoms with Crippen molar-refractivity contribution in [2.75, 3.05) is 6.61 Å². The summed E-state index contributed by atoms with van der Waals surface area (Å²) in [5.41, 5.74) is 1.72. The Hall–Kier alpha value is -0.560. The van der Waals surface area contributed by atoms with Crippen LogP contribution in [0.5, 0.6) is 0 Å². The predicted octanol–water partition coefficient (Wildman–Crippen LogP) is 3.96. The summed E-state index contributed by atoms with van der Waals surface area (Å²) in [5.74, 6) is 1.22. The molecule has 0 aromatic carbocycles. The van der Waals surface area contributed by atoms with Crippen molar-refractivity contribution in [3.8, 4) is 0 Å². The minimum absolute atomic E-state index is 0.244. The van der Waals surface area contributed by atoms with Gasteiger partial charge in [-0.2, -0.15) is 0 Å². The number of allylic oxidation sites excluding steroid dienone is 2. The van der Waals surface area contributed by atoms with Gasteiger partial charge in [0.25, 0.3) is 0 Å². The second kappa shape index (κ2) is 4.37. The predicted molar refractivity (Wildman–Crippen MR) is 68.3 cm³/mol. The Labute approximate surface area is 99.6 Å². The normalized spacial score (nSPS) is 37.7. The molecule has 1 saturated heterocycles. The summed E-state index contributed by atoms with van der Waals surface area (Å²) in [6.45, 7) is 10.0. The second-order valence-corrected chi connectivity index (χ2v) is 5.74. The van der Waals surface area contributed by atoms with Crippen LogP contribution in [0.2, 0.25) is 0 Å². The van der Waals surface area contributed by atoms with Crippen LogP contribution in [0.1, 0.15) is 40.5 Å². The third-order valence-electron chi connectivity index (χ3n) is 4.22. The third-order valence-corrected chi connectivity index (χ3v) is 4.22. The van der Waals surface area contributed by atoms with E-state index in [1.165, 1.54) is 18.4 Å². The van der Waals surface area contributed by atoms with Gasteiger partial charge >= 0.3 is 0 Å². The maximum absolute atomic E-state index is 5.98. The summed E-state index contributed by atoms with van der Waals surface area (Å²) in [7, 11) is 0. The van der Waals surface area contributed by atoms with Gasteiger partial charge in [-0.1, -0.05) is 52.3 Å². The Morgan fingerprint density at radius 2 is 2.25 bits per heavy atom. The zero-order valence-corrected chi connectivity index (χ0v) is 11.0. The van der Waals surface area contributed by atoms with E-state index >= 15 is 0 Å². The fourth-order valence-corrected chi connectivity index (χ4v) is 2.88. The molecule has 1 heterocycles. The molecule has 1 heteroatoms. The molecule has 1 nitrogen and oxygen atoms in total. The van der Waals surface area contributed by atoms with E-state index in [1.54, 1.807) is 0 Å². The Balaban J connectivity index is 2.19. The maximum atomic E-state index is 5.98. The van der Waals surface area contributed by atoms with Crippen LogP contribution < -0.4 is 0 Å². The van der Waals surface area contributed by atoms with Crippen molar-refractivity contribution >= 4 is 0 Å². The fraction of sp³-hybridized carbons (Fsp3) is 0.733. The lowest BCUT2D eigenvalue weighted by Crippen LogP contribution is -2.32. The minimum Gasteiger partial charge on any atom is -0.377 e. The van der Waals surface area contributed by atoms with E-state index in [1.807, 2.05) is 0 Å². The van der Waals surface area contributed by atoms with E-state index in [0.717, 1.165) is 6.61 Å². The Morgan fingerprint density at radius 3 is 2.88 bits per heavy atom. The molecular formula is C15H24O. The van der Waals surface area contributed by atoms with Crippen molar-refractivity contribution in [1.82, 2.24) is 0 Å². The first kappa shape index (κ1) is 11.9. The largest absolute Gasteiger partial charge is 0.377 e. The zero-order valence-electron chi connectivity index (χ0n) is 11.0. The molecule has 1 aliphatic heterocycles. The highest BCUT2D eigenvalue weighted by atomic mass is 16.5. The molecule has 0 N–H and O–H groups in total. The number of ether oxygens (including phenoxy) is 1. The van der Waals surface area contributed by atoms with Gasteiger partial charge in [-0.3, -0.25) is 0 Å². The van der Waals surface area contributed by atoms with E-state index in [9.17, 15) is 0 Å². The lowest BCUT2D eigenvalue weighted by Gasteiger charge is -2.34.